The Labute approximate surface area is 155 Å². The highest BCUT2D eigenvalue weighted by Crippen LogP contribution is 2.42. The fourth-order valence-corrected chi connectivity index (χ4v) is 4.95. The molecule has 0 spiro atoms. The third kappa shape index (κ3) is 7.54. The van der Waals surface area contributed by atoms with E-state index in [0.717, 1.165) is 37.0 Å². The molecule has 2 rings (SSSR count). The predicted octanol–water partition coefficient (Wildman–Crippen LogP) is 6.69. The maximum absolute atomic E-state index is 11.7. The highest BCUT2D eigenvalue weighted by Gasteiger charge is 2.30. The first-order valence-electron chi connectivity index (χ1n) is 11.1. The second kappa shape index (κ2) is 11.8. The summed E-state index contributed by atoms with van der Waals surface area (Å²) in [6.45, 7) is 5.06. The van der Waals surface area contributed by atoms with Crippen molar-refractivity contribution in [2.75, 3.05) is 6.61 Å². The molecule has 0 N–H and O–H groups in total. The van der Waals surface area contributed by atoms with E-state index < -0.39 is 0 Å². The molecule has 0 radical (unpaired) electrons. The molecular weight excluding hydrogens is 308 g/mol. The van der Waals surface area contributed by atoms with Crippen molar-refractivity contribution >= 4 is 5.97 Å². The van der Waals surface area contributed by atoms with Crippen molar-refractivity contribution in [3.8, 4) is 0 Å². The Morgan fingerprint density at radius 2 is 1.52 bits per heavy atom. The molecule has 2 aliphatic carbocycles. The minimum absolute atomic E-state index is 0.146. The Morgan fingerprint density at radius 3 is 2.12 bits per heavy atom. The maximum Gasteiger partial charge on any atom is 0.330 e. The molecule has 2 fully saturated rings. The fraction of sp³-hybridized carbons (Fsp3) is 0.870. The zero-order valence-electron chi connectivity index (χ0n) is 16.7. The van der Waals surface area contributed by atoms with Crippen molar-refractivity contribution < 1.29 is 9.53 Å². The third-order valence-corrected chi connectivity index (χ3v) is 6.57. The van der Waals surface area contributed by atoms with Gasteiger partial charge in [-0.2, -0.15) is 0 Å². The van der Waals surface area contributed by atoms with Crippen LogP contribution in [-0.2, 0) is 9.53 Å². The molecule has 0 aromatic carbocycles. The smallest absolute Gasteiger partial charge is 0.330 e. The maximum atomic E-state index is 11.7. The third-order valence-electron chi connectivity index (χ3n) is 6.57. The van der Waals surface area contributed by atoms with Crippen molar-refractivity contribution in [2.24, 2.45) is 23.7 Å². The second-order valence-corrected chi connectivity index (χ2v) is 8.48. The highest BCUT2D eigenvalue weighted by atomic mass is 16.5. The van der Waals surface area contributed by atoms with Crippen LogP contribution < -0.4 is 0 Å². The van der Waals surface area contributed by atoms with Gasteiger partial charge in [-0.25, -0.2) is 4.79 Å². The van der Waals surface area contributed by atoms with E-state index in [0.29, 0.717) is 12.5 Å². The van der Waals surface area contributed by atoms with Gasteiger partial charge >= 0.3 is 5.97 Å². The average Bonchev–Trinajstić information content (AvgIpc) is 2.65. The Morgan fingerprint density at radius 1 is 0.880 bits per heavy atom. The van der Waals surface area contributed by atoms with Crippen molar-refractivity contribution in [3.05, 3.63) is 12.2 Å². The van der Waals surface area contributed by atoms with Gasteiger partial charge in [-0.15, -0.1) is 0 Å². The monoisotopic (exact) mass is 348 g/mol. The Kier molecular flexibility index (Phi) is 9.65. The van der Waals surface area contributed by atoms with Crippen LogP contribution in [0.25, 0.3) is 0 Å². The molecule has 0 amide bonds. The summed E-state index contributed by atoms with van der Waals surface area (Å²) < 4.78 is 5.26. The SMILES string of the molecule is CCCCCOC(=O)/C=C/C1CCC([C@H]2CC[C@H](CCC)CC2)CC1. The summed E-state index contributed by atoms with van der Waals surface area (Å²) in [4.78, 5) is 11.7. The molecular formula is C23H40O2. The lowest BCUT2D eigenvalue weighted by molar-refractivity contribution is -0.137. The van der Waals surface area contributed by atoms with Crippen LogP contribution in [0.2, 0.25) is 0 Å². The fourth-order valence-electron chi connectivity index (χ4n) is 4.95. The van der Waals surface area contributed by atoms with E-state index >= 15 is 0 Å². The lowest BCUT2D eigenvalue weighted by Gasteiger charge is -2.37. The highest BCUT2D eigenvalue weighted by molar-refractivity contribution is 5.81. The molecule has 2 aliphatic rings. The normalized spacial score (nSPS) is 30.5. The van der Waals surface area contributed by atoms with Crippen LogP contribution in [0.4, 0.5) is 0 Å². The number of carbonyl (C=O) groups is 1. The quantitative estimate of drug-likeness (QED) is 0.263. The van der Waals surface area contributed by atoms with Crippen molar-refractivity contribution in [3.63, 3.8) is 0 Å². The van der Waals surface area contributed by atoms with E-state index in [1.807, 2.05) is 0 Å². The van der Waals surface area contributed by atoms with E-state index in [2.05, 4.69) is 19.9 Å². The molecule has 25 heavy (non-hydrogen) atoms. The lowest BCUT2D eigenvalue weighted by atomic mass is 9.69. The van der Waals surface area contributed by atoms with Crippen LogP contribution in [0.1, 0.15) is 97.3 Å². The number of carbonyl (C=O) groups excluding carboxylic acids is 1. The van der Waals surface area contributed by atoms with E-state index in [9.17, 15) is 4.79 Å². The molecule has 0 heterocycles. The Hall–Kier alpha value is -0.790. The van der Waals surface area contributed by atoms with Gasteiger partial charge in [0, 0.05) is 6.08 Å². The Balaban J connectivity index is 1.61. The summed E-state index contributed by atoms with van der Waals surface area (Å²) in [5, 5.41) is 0. The van der Waals surface area contributed by atoms with Crippen molar-refractivity contribution in [2.45, 2.75) is 97.3 Å². The number of unbranched alkanes of at least 4 members (excludes halogenated alkanes) is 2. The molecule has 0 aromatic rings. The number of esters is 1. The first kappa shape index (κ1) is 20.5. The number of ether oxygens (including phenoxy) is 1. The first-order chi connectivity index (χ1) is 12.2. The van der Waals surface area contributed by atoms with Gasteiger partial charge in [0.2, 0.25) is 0 Å². The zero-order valence-corrected chi connectivity index (χ0v) is 16.7. The van der Waals surface area contributed by atoms with Crippen LogP contribution in [0.5, 0.6) is 0 Å². The summed E-state index contributed by atoms with van der Waals surface area (Å²) in [5.74, 6) is 3.40. The number of allylic oxidation sites excluding steroid dienone is 1. The predicted molar refractivity (Wildman–Crippen MR) is 105 cm³/mol. The minimum atomic E-state index is -0.146. The Bertz CT molecular complexity index is 385. The standard InChI is InChI=1S/C23H40O2/c1-3-5-6-18-25-23(24)17-12-20-10-15-22(16-11-20)21-13-8-19(7-4-2)9-14-21/h12,17,19-22H,3-11,13-16,18H2,1-2H3/b17-12+/t19-,20?,21-,22?. The minimum Gasteiger partial charge on any atom is -0.463 e. The summed E-state index contributed by atoms with van der Waals surface area (Å²) in [6, 6.07) is 0. The largest absolute Gasteiger partial charge is 0.463 e. The summed E-state index contributed by atoms with van der Waals surface area (Å²) >= 11 is 0. The number of hydrogen-bond donors (Lipinski definition) is 0. The van der Waals surface area contributed by atoms with Gasteiger partial charge in [0.05, 0.1) is 6.61 Å². The van der Waals surface area contributed by atoms with E-state index in [4.69, 9.17) is 4.74 Å². The van der Waals surface area contributed by atoms with Crippen LogP contribution in [0, 0.1) is 23.7 Å². The van der Waals surface area contributed by atoms with Crippen LogP contribution >= 0.6 is 0 Å². The average molecular weight is 349 g/mol. The van der Waals surface area contributed by atoms with Gasteiger partial charge in [0.1, 0.15) is 0 Å². The summed E-state index contributed by atoms with van der Waals surface area (Å²) in [7, 11) is 0. The van der Waals surface area contributed by atoms with E-state index in [1.54, 1.807) is 6.08 Å². The molecule has 0 aromatic heterocycles. The van der Waals surface area contributed by atoms with Gasteiger partial charge in [-0.1, -0.05) is 58.4 Å². The molecule has 0 unspecified atom stereocenters. The molecule has 2 saturated carbocycles. The van der Waals surface area contributed by atoms with Gasteiger partial charge in [-0.05, 0) is 68.6 Å². The summed E-state index contributed by atoms with van der Waals surface area (Å²) in [6.07, 6.45) is 21.0. The van der Waals surface area contributed by atoms with Gasteiger partial charge in [0.15, 0.2) is 0 Å². The van der Waals surface area contributed by atoms with Crippen LogP contribution in [0.15, 0.2) is 12.2 Å². The van der Waals surface area contributed by atoms with Crippen molar-refractivity contribution in [1.82, 2.24) is 0 Å². The van der Waals surface area contributed by atoms with Crippen LogP contribution in [0.3, 0.4) is 0 Å². The first-order valence-corrected chi connectivity index (χ1v) is 11.1. The molecule has 0 aliphatic heterocycles. The second-order valence-electron chi connectivity index (χ2n) is 8.48. The number of hydrogen-bond acceptors (Lipinski definition) is 2. The van der Waals surface area contributed by atoms with Crippen LogP contribution in [-0.4, -0.2) is 12.6 Å². The zero-order chi connectivity index (χ0) is 17.9. The molecule has 144 valence electrons. The molecule has 0 bridgehead atoms. The van der Waals surface area contributed by atoms with E-state index in [-0.39, 0.29) is 5.97 Å². The molecule has 2 heteroatoms. The van der Waals surface area contributed by atoms with Crippen molar-refractivity contribution in [1.29, 1.82) is 0 Å². The lowest BCUT2D eigenvalue weighted by Crippen LogP contribution is -2.25. The summed E-state index contributed by atoms with van der Waals surface area (Å²) in [5.41, 5.74) is 0. The molecule has 0 saturated heterocycles. The van der Waals surface area contributed by atoms with Gasteiger partial charge < -0.3 is 4.74 Å². The van der Waals surface area contributed by atoms with E-state index in [1.165, 1.54) is 64.2 Å². The molecule has 2 nitrogen and oxygen atoms in total. The molecule has 0 atom stereocenters. The van der Waals surface area contributed by atoms with Gasteiger partial charge in [-0.3, -0.25) is 0 Å². The van der Waals surface area contributed by atoms with Gasteiger partial charge in [0.25, 0.3) is 0 Å². The topological polar surface area (TPSA) is 26.3 Å². The number of rotatable bonds is 9.